The van der Waals surface area contributed by atoms with Gasteiger partial charge in [0.1, 0.15) is 11.6 Å². The Hall–Kier alpha value is -2.10. The number of aromatic nitrogens is 1. The fourth-order valence-corrected chi connectivity index (χ4v) is 1.62. The summed E-state index contributed by atoms with van der Waals surface area (Å²) in [5, 5.41) is 7.60. The van der Waals surface area contributed by atoms with Gasteiger partial charge in [0.15, 0.2) is 0 Å². The van der Waals surface area contributed by atoms with E-state index >= 15 is 0 Å². The Labute approximate surface area is 104 Å². The summed E-state index contributed by atoms with van der Waals surface area (Å²) in [6.07, 6.45) is 1.88. The van der Waals surface area contributed by atoms with E-state index in [9.17, 15) is 8.78 Å². The third kappa shape index (κ3) is 2.42. The fraction of sp³-hybridized carbons (Fsp3) is 0.143. The van der Waals surface area contributed by atoms with Crippen molar-refractivity contribution in [2.24, 2.45) is 0 Å². The van der Waals surface area contributed by atoms with Gasteiger partial charge in [0.05, 0.1) is 11.4 Å². The molecule has 4 heteroatoms. The van der Waals surface area contributed by atoms with Gasteiger partial charge in [-0.2, -0.15) is 0 Å². The molecular weight excluding hydrogens is 234 g/mol. The van der Waals surface area contributed by atoms with Gasteiger partial charge in [-0.15, -0.1) is 0 Å². The first-order valence-electron chi connectivity index (χ1n) is 5.61. The van der Waals surface area contributed by atoms with Crippen LogP contribution in [0, 0.1) is 17.0 Å². The van der Waals surface area contributed by atoms with Gasteiger partial charge in [-0.3, -0.25) is 4.98 Å². The summed E-state index contributed by atoms with van der Waals surface area (Å²) in [5.74, 6) is -0.818. The van der Waals surface area contributed by atoms with E-state index < -0.39 is 5.82 Å². The van der Waals surface area contributed by atoms with Crippen molar-refractivity contribution in [3.05, 3.63) is 53.9 Å². The average molecular weight is 246 g/mol. The number of halogens is 2. The lowest BCUT2D eigenvalue weighted by Gasteiger charge is -2.05. The molecule has 0 spiro atoms. The van der Waals surface area contributed by atoms with Crippen LogP contribution in [-0.2, 0) is 0 Å². The molecule has 2 rings (SSSR count). The van der Waals surface area contributed by atoms with E-state index in [1.807, 2.05) is 6.92 Å². The SMILES string of the molecule is CCC(=N)c1cc(F)c(-c2ccc(F)cc2)cn1. The van der Waals surface area contributed by atoms with E-state index in [1.165, 1.54) is 36.5 Å². The largest absolute Gasteiger partial charge is 0.303 e. The Morgan fingerprint density at radius 3 is 2.44 bits per heavy atom. The van der Waals surface area contributed by atoms with Crippen molar-refractivity contribution in [2.45, 2.75) is 13.3 Å². The Kier molecular flexibility index (Phi) is 3.46. The highest BCUT2D eigenvalue weighted by atomic mass is 19.1. The van der Waals surface area contributed by atoms with E-state index in [1.54, 1.807) is 0 Å². The molecule has 92 valence electrons. The standard InChI is InChI=1S/C14H12F2N2/c1-2-13(17)14-7-12(16)11(8-18-14)9-3-5-10(15)6-4-9/h3-8,17H,2H2,1H3. The van der Waals surface area contributed by atoms with E-state index in [4.69, 9.17) is 5.41 Å². The van der Waals surface area contributed by atoms with Crippen molar-refractivity contribution in [3.63, 3.8) is 0 Å². The molecule has 18 heavy (non-hydrogen) atoms. The van der Waals surface area contributed by atoms with Gasteiger partial charge in [-0.25, -0.2) is 8.78 Å². The van der Waals surface area contributed by atoms with Gasteiger partial charge in [-0.05, 0) is 24.1 Å². The number of pyridine rings is 1. The van der Waals surface area contributed by atoms with Crippen molar-refractivity contribution >= 4 is 5.71 Å². The molecule has 1 aromatic heterocycles. The van der Waals surface area contributed by atoms with Crippen molar-refractivity contribution in [1.82, 2.24) is 4.98 Å². The molecule has 0 aliphatic heterocycles. The van der Waals surface area contributed by atoms with Crippen LogP contribution in [0.1, 0.15) is 19.0 Å². The van der Waals surface area contributed by atoms with E-state index in [0.29, 0.717) is 29.0 Å². The van der Waals surface area contributed by atoms with E-state index in [0.717, 1.165) is 0 Å². The zero-order valence-electron chi connectivity index (χ0n) is 9.87. The summed E-state index contributed by atoms with van der Waals surface area (Å²) in [4.78, 5) is 4.05. The molecule has 0 radical (unpaired) electrons. The van der Waals surface area contributed by atoms with E-state index in [2.05, 4.69) is 4.98 Å². The molecule has 0 saturated carbocycles. The fourth-order valence-electron chi connectivity index (χ4n) is 1.62. The molecule has 2 aromatic rings. The summed E-state index contributed by atoms with van der Waals surface area (Å²) < 4.78 is 26.7. The van der Waals surface area contributed by atoms with Crippen molar-refractivity contribution < 1.29 is 8.78 Å². The number of nitrogens with one attached hydrogen (secondary N) is 1. The predicted octanol–water partition coefficient (Wildman–Crippen LogP) is 3.80. The Morgan fingerprint density at radius 1 is 1.22 bits per heavy atom. The van der Waals surface area contributed by atoms with Crippen LogP contribution >= 0.6 is 0 Å². The van der Waals surface area contributed by atoms with Crippen molar-refractivity contribution in [1.29, 1.82) is 5.41 Å². The molecule has 0 amide bonds. The molecule has 0 saturated heterocycles. The number of rotatable bonds is 3. The summed E-state index contributed by atoms with van der Waals surface area (Å²) in [6, 6.07) is 6.79. The maximum atomic E-state index is 13.9. The van der Waals surface area contributed by atoms with Gasteiger partial charge in [0.2, 0.25) is 0 Å². The molecule has 1 N–H and O–H groups in total. The number of nitrogens with zero attached hydrogens (tertiary/aromatic N) is 1. The zero-order chi connectivity index (χ0) is 13.1. The number of hydrogen-bond donors (Lipinski definition) is 1. The molecule has 0 unspecified atom stereocenters. The quantitative estimate of drug-likeness (QED) is 0.821. The van der Waals surface area contributed by atoms with Crippen LogP contribution in [0.3, 0.4) is 0 Å². The molecule has 0 aliphatic rings. The molecule has 0 aliphatic carbocycles. The minimum absolute atomic E-state index is 0.291. The number of hydrogen-bond acceptors (Lipinski definition) is 2. The first-order chi connectivity index (χ1) is 8.61. The van der Waals surface area contributed by atoms with Gasteiger partial charge in [0.25, 0.3) is 0 Å². The predicted molar refractivity (Wildman–Crippen MR) is 66.7 cm³/mol. The third-order valence-corrected chi connectivity index (χ3v) is 2.67. The first-order valence-corrected chi connectivity index (χ1v) is 5.61. The zero-order valence-corrected chi connectivity index (χ0v) is 9.87. The Balaban J connectivity index is 2.41. The smallest absolute Gasteiger partial charge is 0.134 e. The highest BCUT2D eigenvalue weighted by molar-refractivity contribution is 5.96. The molecule has 1 heterocycles. The Morgan fingerprint density at radius 2 is 1.89 bits per heavy atom. The molecular formula is C14H12F2N2. The summed E-state index contributed by atoms with van der Waals surface area (Å²) in [5.41, 5.74) is 1.50. The summed E-state index contributed by atoms with van der Waals surface area (Å²) in [6.45, 7) is 1.82. The van der Waals surface area contributed by atoms with Crippen LogP contribution in [0.5, 0.6) is 0 Å². The van der Waals surface area contributed by atoms with E-state index in [-0.39, 0.29) is 5.82 Å². The average Bonchev–Trinajstić information content (AvgIpc) is 2.39. The van der Waals surface area contributed by atoms with Crippen LogP contribution in [-0.4, -0.2) is 10.7 Å². The molecule has 1 aromatic carbocycles. The second-order valence-corrected chi connectivity index (χ2v) is 3.89. The van der Waals surface area contributed by atoms with Crippen LogP contribution < -0.4 is 0 Å². The monoisotopic (exact) mass is 246 g/mol. The van der Waals surface area contributed by atoms with Crippen LogP contribution in [0.4, 0.5) is 8.78 Å². The third-order valence-electron chi connectivity index (χ3n) is 2.67. The van der Waals surface area contributed by atoms with Gasteiger partial charge in [-0.1, -0.05) is 19.1 Å². The molecule has 0 fully saturated rings. The van der Waals surface area contributed by atoms with Gasteiger partial charge < -0.3 is 5.41 Å². The first kappa shape index (κ1) is 12.4. The highest BCUT2D eigenvalue weighted by Gasteiger charge is 2.09. The normalized spacial score (nSPS) is 10.4. The van der Waals surface area contributed by atoms with Crippen LogP contribution in [0.15, 0.2) is 36.5 Å². The minimum Gasteiger partial charge on any atom is -0.303 e. The van der Waals surface area contributed by atoms with Crippen molar-refractivity contribution in [2.75, 3.05) is 0 Å². The van der Waals surface area contributed by atoms with Crippen LogP contribution in [0.25, 0.3) is 11.1 Å². The highest BCUT2D eigenvalue weighted by Crippen LogP contribution is 2.22. The molecule has 2 nitrogen and oxygen atoms in total. The summed E-state index contributed by atoms with van der Waals surface area (Å²) in [7, 11) is 0. The lowest BCUT2D eigenvalue weighted by molar-refractivity contribution is 0.624. The summed E-state index contributed by atoms with van der Waals surface area (Å²) >= 11 is 0. The number of benzene rings is 1. The molecule has 0 atom stereocenters. The second kappa shape index (κ2) is 5.04. The second-order valence-electron chi connectivity index (χ2n) is 3.89. The lowest BCUT2D eigenvalue weighted by Crippen LogP contribution is -2.01. The van der Waals surface area contributed by atoms with Crippen LogP contribution in [0.2, 0.25) is 0 Å². The lowest BCUT2D eigenvalue weighted by atomic mass is 10.1. The minimum atomic E-state index is -0.454. The van der Waals surface area contributed by atoms with Gasteiger partial charge in [0, 0.05) is 17.8 Å². The maximum Gasteiger partial charge on any atom is 0.134 e. The maximum absolute atomic E-state index is 13.9. The van der Waals surface area contributed by atoms with Gasteiger partial charge >= 0.3 is 0 Å². The molecule has 0 bridgehead atoms. The topological polar surface area (TPSA) is 36.7 Å². The van der Waals surface area contributed by atoms with Crippen molar-refractivity contribution in [3.8, 4) is 11.1 Å². The Bertz CT molecular complexity index is 577.